The van der Waals surface area contributed by atoms with E-state index in [2.05, 4.69) is 51.7 Å². The number of nitrogens with zero attached hydrogens (tertiary/aromatic N) is 2. The summed E-state index contributed by atoms with van der Waals surface area (Å²) in [5, 5.41) is 10.9. The summed E-state index contributed by atoms with van der Waals surface area (Å²) in [6.45, 7) is 4.06. The van der Waals surface area contributed by atoms with E-state index in [0.717, 1.165) is 30.7 Å². The van der Waals surface area contributed by atoms with Gasteiger partial charge in [0.1, 0.15) is 0 Å². The fourth-order valence-electron chi connectivity index (χ4n) is 3.28. The third-order valence-electron chi connectivity index (χ3n) is 4.95. The maximum absolute atomic E-state index is 12.5. The highest BCUT2D eigenvalue weighted by Gasteiger charge is 2.21. The van der Waals surface area contributed by atoms with Gasteiger partial charge in [-0.05, 0) is 31.7 Å². The van der Waals surface area contributed by atoms with Crippen LogP contribution in [-0.4, -0.2) is 32.4 Å². The third-order valence-corrected chi connectivity index (χ3v) is 5.91. The van der Waals surface area contributed by atoms with Crippen LogP contribution in [0.15, 0.2) is 29.4 Å². The van der Waals surface area contributed by atoms with Crippen molar-refractivity contribution in [2.24, 2.45) is 0 Å². The van der Waals surface area contributed by atoms with Gasteiger partial charge in [-0.2, -0.15) is 0 Å². The average Bonchev–Trinajstić information content (AvgIpc) is 2.97. The molecule has 0 radical (unpaired) electrons. The van der Waals surface area contributed by atoms with Crippen LogP contribution < -0.4 is 5.32 Å². The highest BCUT2D eigenvalue weighted by Crippen LogP contribution is 2.24. The van der Waals surface area contributed by atoms with Crippen LogP contribution in [0, 0.1) is 0 Å². The van der Waals surface area contributed by atoms with Gasteiger partial charge in [-0.1, -0.05) is 68.6 Å². The third kappa shape index (κ3) is 5.10. The van der Waals surface area contributed by atoms with Crippen molar-refractivity contribution in [2.75, 3.05) is 0 Å². The van der Waals surface area contributed by atoms with Gasteiger partial charge >= 0.3 is 0 Å². The first kappa shape index (κ1) is 19.0. The molecule has 1 saturated carbocycles. The highest BCUT2D eigenvalue weighted by atomic mass is 32.2. The Morgan fingerprint density at radius 3 is 2.58 bits per heavy atom. The molecule has 1 atom stereocenters. The minimum atomic E-state index is -0.204. The molecule has 2 N–H and O–H groups in total. The van der Waals surface area contributed by atoms with Gasteiger partial charge in [-0.3, -0.25) is 9.89 Å². The lowest BCUT2D eigenvalue weighted by Gasteiger charge is -2.18. The first-order valence-corrected chi connectivity index (χ1v) is 10.5. The molecule has 1 aliphatic rings. The Morgan fingerprint density at radius 2 is 1.92 bits per heavy atom. The molecular weight excluding hydrogens is 344 g/mol. The molecule has 1 fully saturated rings. The molecule has 0 aliphatic heterocycles. The molecule has 3 rings (SSSR count). The Morgan fingerprint density at radius 1 is 1.23 bits per heavy atom. The number of rotatable bonds is 6. The summed E-state index contributed by atoms with van der Waals surface area (Å²) in [7, 11) is 0. The van der Waals surface area contributed by atoms with Crippen LogP contribution >= 0.6 is 11.8 Å². The van der Waals surface area contributed by atoms with Gasteiger partial charge in [0.15, 0.2) is 5.82 Å². The number of aromatic nitrogens is 3. The predicted octanol–water partition coefficient (Wildman–Crippen LogP) is 4.35. The maximum Gasteiger partial charge on any atom is 0.233 e. The molecule has 1 aromatic carbocycles. The number of aromatic amines is 1. The van der Waals surface area contributed by atoms with E-state index in [1.807, 2.05) is 6.92 Å². The molecule has 0 unspecified atom stereocenters. The molecule has 0 spiro atoms. The minimum Gasteiger partial charge on any atom is -0.352 e. The second kappa shape index (κ2) is 9.21. The number of aryl methyl sites for hydroxylation is 1. The average molecular weight is 373 g/mol. The van der Waals surface area contributed by atoms with Crippen LogP contribution in [0.25, 0.3) is 11.4 Å². The second-order valence-corrected chi connectivity index (χ2v) is 8.28. The summed E-state index contributed by atoms with van der Waals surface area (Å²) in [6.07, 6.45) is 8.22. The van der Waals surface area contributed by atoms with Gasteiger partial charge in [0, 0.05) is 11.6 Å². The Bertz CT molecular complexity index is 705. The lowest BCUT2D eigenvalue weighted by molar-refractivity contribution is -0.121. The zero-order valence-corrected chi connectivity index (χ0v) is 16.4. The van der Waals surface area contributed by atoms with Crippen molar-refractivity contribution in [1.82, 2.24) is 20.5 Å². The van der Waals surface area contributed by atoms with Crippen molar-refractivity contribution >= 4 is 17.7 Å². The predicted molar refractivity (Wildman–Crippen MR) is 106 cm³/mol. The molecule has 0 bridgehead atoms. The van der Waals surface area contributed by atoms with E-state index in [0.29, 0.717) is 11.2 Å². The molecule has 2 aromatic rings. The van der Waals surface area contributed by atoms with Crippen LogP contribution in [-0.2, 0) is 11.2 Å². The molecule has 5 nitrogen and oxygen atoms in total. The monoisotopic (exact) mass is 372 g/mol. The van der Waals surface area contributed by atoms with E-state index in [-0.39, 0.29) is 11.2 Å². The number of hydrogen-bond donors (Lipinski definition) is 2. The standard InChI is InChI=1S/C20H28N4OS/c1-3-15-10-12-16(13-11-15)18-22-20(24-23-18)26-14(2)19(25)21-17-8-6-4-5-7-9-17/h10-14,17H,3-9H2,1-2H3,(H,21,25)(H,22,23,24)/t14-/m1/s1. The van der Waals surface area contributed by atoms with Crippen molar-refractivity contribution in [3.8, 4) is 11.4 Å². The number of carbonyl (C=O) groups is 1. The number of thioether (sulfide) groups is 1. The summed E-state index contributed by atoms with van der Waals surface area (Å²) in [4.78, 5) is 17.0. The van der Waals surface area contributed by atoms with Crippen LogP contribution in [0.5, 0.6) is 0 Å². The van der Waals surface area contributed by atoms with E-state index in [4.69, 9.17) is 0 Å². The molecule has 26 heavy (non-hydrogen) atoms. The van der Waals surface area contributed by atoms with Gasteiger partial charge in [-0.15, -0.1) is 5.10 Å². The molecule has 0 saturated heterocycles. The Hall–Kier alpha value is -1.82. The van der Waals surface area contributed by atoms with Gasteiger partial charge in [0.25, 0.3) is 0 Å². The van der Waals surface area contributed by atoms with E-state index < -0.39 is 0 Å². The van der Waals surface area contributed by atoms with E-state index >= 15 is 0 Å². The SMILES string of the molecule is CCc1ccc(-c2nc(S[C@H](C)C(=O)NC3CCCCCC3)n[nH]2)cc1. The summed E-state index contributed by atoms with van der Waals surface area (Å²) in [5.41, 5.74) is 2.31. The summed E-state index contributed by atoms with van der Waals surface area (Å²) >= 11 is 1.40. The molecule has 6 heteroatoms. The van der Waals surface area contributed by atoms with Crippen LogP contribution in [0.3, 0.4) is 0 Å². The van der Waals surface area contributed by atoms with Gasteiger partial charge in [0.2, 0.25) is 11.1 Å². The lowest BCUT2D eigenvalue weighted by atomic mass is 10.1. The minimum absolute atomic E-state index is 0.0838. The molecule has 1 aromatic heterocycles. The van der Waals surface area contributed by atoms with Crippen LogP contribution in [0.1, 0.15) is 57.9 Å². The fourth-order valence-corrected chi connectivity index (χ4v) is 4.01. The highest BCUT2D eigenvalue weighted by molar-refractivity contribution is 8.00. The zero-order valence-electron chi connectivity index (χ0n) is 15.6. The van der Waals surface area contributed by atoms with Crippen molar-refractivity contribution in [3.05, 3.63) is 29.8 Å². The first-order chi connectivity index (χ1) is 12.7. The summed E-state index contributed by atoms with van der Waals surface area (Å²) in [6, 6.07) is 8.64. The smallest absolute Gasteiger partial charge is 0.233 e. The molecule has 1 aliphatic carbocycles. The largest absolute Gasteiger partial charge is 0.352 e. The number of carbonyl (C=O) groups excluding carboxylic acids is 1. The van der Waals surface area contributed by atoms with E-state index in [1.54, 1.807) is 0 Å². The zero-order chi connectivity index (χ0) is 18.4. The molecule has 140 valence electrons. The van der Waals surface area contributed by atoms with Crippen LogP contribution in [0.4, 0.5) is 0 Å². The van der Waals surface area contributed by atoms with Gasteiger partial charge in [-0.25, -0.2) is 4.98 Å². The van der Waals surface area contributed by atoms with Crippen LogP contribution in [0.2, 0.25) is 0 Å². The molecular formula is C20H28N4OS. The fraction of sp³-hybridized carbons (Fsp3) is 0.550. The van der Waals surface area contributed by atoms with E-state index in [9.17, 15) is 4.79 Å². The number of amides is 1. The number of nitrogens with one attached hydrogen (secondary N) is 2. The number of benzene rings is 1. The lowest BCUT2D eigenvalue weighted by Crippen LogP contribution is -2.39. The van der Waals surface area contributed by atoms with Gasteiger partial charge < -0.3 is 5.32 Å². The normalized spacial score (nSPS) is 16.8. The van der Waals surface area contributed by atoms with Crippen molar-refractivity contribution in [2.45, 2.75) is 75.2 Å². The molecule has 1 amide bonds. The summed E-state index contributed by atoms with van der Waals surface area (Å²) in [5.74, 6) is 0.826. The molecule has 1 heterocycles. The topological polar surface area (TPSA) is 70.7 Å². The number of hydrogen-bond acceptors (Lipinski definition) is 4. The van der Waals surface area contributed by atoms with Crippen molar-refractivity contribution in [3.63, 3.8) is 0 Å². The van der Waals surface area contributed by atoms with Gasteiger partial charge in [0.05, 0.1) is 5.25 Å². The second-order valence-electron chi connectivity index (χ2n) is 6.97. The Kier molecular flexibility index (Phi) is 6.72. The first-order valence-electron chi connectivity index (χ1n) is 9.64. The van der Waals surface area contributed by atoms with Crippen molar-refractivity contribution < 1.29 is 4.79 Å². The maximum atomic E-state index is 12.5. The Balaban J connectivity index is 1.56. The quantitative estimate of drug-likeness (QED) is 0.584. The summed E-state index contributed by atoms with van der Waals surface area (Å²) < 4.78 is 0. The van der Waals surface area contributed by atoms with E-state index in [1.165, 1.54) is 43.0 Å². The Labute approximate surface area is 159 Å². The van der Waals surface area contributed by atoms with Crippen molar-refractivity contribution in [1.29, 1.82) is 0 Å². The number of H-pyrrole nitrogens is 1.